The van der Waals surface area contributed by atoms with Crippen molar-refractivity contribution in [1.82, 2.24) is 15.0 Å². The molecule has 1 aliphatic carbocycles. The predicted molar refractivity (Wildman–Crippen MR) is 98.4 cm³/mol. The number of thioether (sulfide) groups is 1. The molecule has 0 unspecified atom stereocenters. The van der Waals surface area contributed by atoms with Crippen molar-refractivity contribution >= 4 is 56.6 Å². The lowest BCUT2D eigenvalue weighted by atomic mass is 9.97. The van der Waals surface area contributed by atoms with Crippen molar-refractivity contribution < 1.29 is 0 Å². The number of rotatable bonds is 3. The second-order valence-corrected chi connectivity index (χ2v) is 7.73. The molecule has 4 nitrogen and oxygen atoms in total. The van der Waals surface area contributed by atoms with E-state index < -0.39 is 0 Å². The third kappa shape index (κ3) is 2.91. The first kappa shape index (κ1) is 15.2. The van der Waals surface area contributed by atoms with Gasteiger partial charge in [-0.3, -0.25) is 0 Å². The molecule has 4 rings (SSSR count). The number of fused-ring (bicyclic) bond motifs is 3. The fraction of sp³-hybridized carbons (Fsp3) is 0.312. The summed E-state index contributed by atoms with van der Waals surface area (Å²) in [4.78, 5) is 16.3. The molecule has 3 heterocycles. The van der Waals surface area contributed by atoms with E-state index in [1.165, 1.54) is 28.7 Å². The van der Waals surface area contributed by atoms with E-state index in [9.17, 15) is 0 Å². The molecular weight excluding hydrogens is 348 g/mol. The molecule has 0 fully saturated rings. The Morgan fingerprint density at radius 2 is 2.09 bits per heavy atom. The summed E-state index contributed by atoms with van der Waals surface area (Å²) in [5, 5.41) is 5.93. The van der Waals surface area contributed by atoms with E-state index in [4.69, 9.17) is 21.6 Å². The quantitative estimate of drug-likeness (QED) is 0.519. The molecule has 0 radical (unpaired) electrons. The smallest absolute Gasteiger partial charge is 0.190 e. The van der Waals surface area contributed by atoms with Crippen LogP contribution >= 0.6 is 34.7 Å². The first-order valence-corrected chi connectivity index (χ1v) is 9.91. The van der Waals surface area contributed by atoms with Crippen LogP contribution in [0.5, 0.6) is 0 Å². The van der Waals surface area contributed by atoms with Crippen molar-refractivity contribution in [3.8, 4) is 0 Å². The van der Waals surface area contributed by atoms with Crippen LogP contribution in [-0.2, 0) is 12.8 Å². The van der Waals surface area contributed by atoms with Crippen molar-refractivity contribution in [1.29, 1.82) is 0 Å². The van der Waals surface area contributed by atoms with Crippen LogP contribution in [0, 0.1) is 0 Å². The van der Waals surface area contributed by atoms with Gasteiger partial charge in [-0.2, -0.15) is 0 Å². The SMILES string of the molecule is CSc1nc(Nc2ccc(Cl)cn2)c2c3c(sc2n1)CCCC3. The van der Waals surface area contributed by atoms with Gasteiger partial charge in [-0.05, 0) is 49.6 Å². The van der Waals surface area contributed by atoms with Gasteiger partial charge in [0.15, 0.2) is 5.16 Å². The number of thiophene rings is 1. The minimum absolute atomic E-state index is 0.626. The van der Waals surface area contributed by atoms with Crippen LogP contribution in [0.2, 0.25) is 5.02 Å². The summed E-state index contributed by atoms with van der Waals surface area (Å²) in [6.45, 7) is 0. The first-order valence-electron chi connectivity index (χ1n) is 7.49. The van der Waals surface area contributed by atoms with Crippen LogP contribution < -0.4 is 5.32 Å². The zero-order valence-corrected chi connectivity index (χ0v) is 15.0. The second kappa shape index (κ2) is 6.26. The number of hydrogen-bond donors (Lipinski definition) is 1. The molecule has 0 spiro atoms. The van der Waals surface area contributed by atoms with Gasteiger partial charge in [0.1, 0.15) is 16.5 Å². The first-order chi connectivity index (χ1) is 11.2. The molecule has 0 amide bonds. The predicted octanol–water partition coefficient (Wildman–Crippen LogP) is 5.08. The molecule has 3 aromatic rings. The highest BCUT2D eigenvalue weighted by Crippen LogP contribution is 2.39. The molecule has 23 heavy (non-hydrogen) atoms. The molecule has 0 aromatic carbocycles. The summed E-state index contributed by atoms with van der Waals surface area (Å²) in [5.74, 6) is 1.60. The molecule has 1 aliphatic rings. The van der Waals surface area contributed by atoms with Crippen LogP contribution in [0.1, 0.15) is 23.3 Å². The van der Waals surface area contributed by atoms with Crippen LogP contribution in [0.4, 0.5) is 11.6 Å². The Morgan fingerprint density at radius 3 is 2.87 bits per heavy atom. The van der Waals surface area contributed by atoms with Gasteiger partial charge in [-0.15, -0.1) is 11.3 Å². The van der Waals surface area contributed by atoms with Gasteiger partial charge in [-0.25, -0.2) is 15.0 Å². The molecule has 1 N–H and O–H groups in total. The minimum Gasteiger partial charge on any atom is -0.324 e. The van der Waals surface area contributed by atoms with Gasteiger partial charge in [0.05, 0.1) is 10.4 Å². The zero-order chi connectivity index (χ0) is 15.8. The Morgan fingerprint density at radius 1 is 1.22 bits per heavy atom. The summed E-state index contributed by atoms with van der Waals surface area (Å²) in [5.41, 5.74) is 1.42. The van der Waals surface area contributed by atoms with E-state index in [1.807, 2.05) is 29.7 Å². The summed E-state index contributed by atoms with van der Waals surface area (Å²) < 4.78 is 0. The summed E-state index contributed by atoms with van der Waals surface area (Å²) >= 11 is 9.29. The van der Waals surface area contributed by atoms with E-state index in [-0.39, 0.29) is 0 Å². The lowest BCUT2D eigenvalue weighted by Gasteiger charge is -2.12. The maximum Gasteiger partial charge on any atom is 0.190 e. The number of hydrogen-bond acceptors (Lipinski definition) is 6. The van der Waals surface area contributed by atoms with Gasteiger partial charge in [0.2, 0.25) is 0 Å². The molecule has 118 valence electrons. The van der Waals surface area contributed by atoms with Crippen molar-refractivity contribution in [3.05, 3.63) is 33.8 Å². The maximum absolute atomic E-state index is 5.92. The standard InChI is InChI=1S/C16H15ClN4S2/c1-22-16-20-14(19-12-7-6-9(17)8-18-12)13-10-4-2-3-5-11(10)23-15(13)21-16/h6-8H,2-5H2,1H3,(H,18,19,20,21). The van der Waals surface area contributed by atoms with E-state index >= 15 is 0 Å². The van der Waals surface area contributed by atoms with Gasteiger partial charge in [0.25, 0.3) is 0 Å². The Bertz CT molecular complexity index is 861. The topological polar surface area (TPSA) is 50.7 Å². The second-order valence-electron chi connectivity index (χ2n) is 5.44. The van der Waals surface area contributed by atoms with Crippen molar-refractivity contribution in [3.63, 3.8) is 0 Å². The summed E-state index contributed by atoms with van der Waals surface area (Å²) in [7, 11) is 0. The monoisotopic (exact) mass is 362 g/mol. The molecule has 0 atom stereocenters. The number of nitrogens with one attached hydrogen (secondary N) is 1. The lowest BCUT2D eigenvalue weighted by molar-refractivity contribution is 0.700. The third-order valence-corrected chi connectivity index (χ3v) is 5.91. The van der Waals surface area contributed by atoms with E-state index in [2.05, 4.69) is 10.3 Å². The number of halogens is 1. The van der Waals surface area contributed by atoms with Crippen molar-refractivity contribution in [2.24, 2.45) is 0 Å². The molecule has 0 saturated heterocycles. The highest BCUT2D eigenvalue weighted by atomic mass is 35.5. The molecule has 3 aromatic heterocycles. The highest BCUT2D eigenvalue weighted by Gasteiger charge is 2.21. The van der Waals surface area contributed by atoms with Crippen molar-refractivity contribution in [2.45, 2.75) is 30.8 Å². The Hall–Kier alpha value is -1.37. The maximum atomic E-state index is 5.92. The fourth-order valence-corrected chi connectivity index (χ4v) is 4.69. The van der Waals surface area contributed by atoms with Crippen LogP contribution in [0.3, 0.4) is 0 Å². The lowest BCUT2D eigenvalue weighted by Crippen LogP contribution is -2.02. The van der Waals surface area contributed by atoms with Gasteiger partial charge >= 0.3 is 0 Å². The van der Waals surface area contributed by atoms with Gasteiger partial charge in [-0.1, -0.05) is 23.4 Å². The number of pyridine rings is 1. The van der Waals surface area contributed by atoms with Gasteiger partial charge in [0, 0.05) is 11.1 Å². The molecular formula is C16H15ClN4S2. The molecule has 0 saturated carbocycles. The largest absolute Gasteiger partial charge is 0.324 e. The Labute approximate surface area is 147 Å². The third-order valence-electron chi connectivity index (χ3n) is 3.95. The molecule has 0 aliphatic heterocycles. The number of aryl methyl sites for hydroxylation is 2. The number of aromatic nitrogens is 3. The van der Waals surface area contributed by atoms with E-state index in [1.54, 1.807) is 18.0 Å². The summed E-state index contributed by atoms with van der Waals surface area (Å²) in [6, 6.07) is 3.70. The van der Waals surface area contributed by atoms with E-state index in [0.717, 1.165) is 34.5 Å². The Balaban J connectivity index is 1.85. The van der Waals surface area contributed by atoms with Crippen LogP contribution in [0.15, 0.2) is 23.5 Å². The Kier molecular flexibility index (Phi) is 4.13. The zero-order valence-electron chi connectivity index (χ0n) is 12.6. The number of anilines is 2. The van der Waals surface area contributed by atoms with Gasteiger partial charge < -0.3 is 5.32 Å². The summed E-state index contributed by atoms with van der Waals surface area (Å²) in [6.07, 6.45) is 8.41. The van der Waals surface area contributed by atoms with Crippen LogP contribution in [0.25, 0.3) is 10.2 Å². The highest BCUT2D eigenvalue weighted by molar-refractivity contribution is 7.98. The fourth-order valence-electron chi connectivity index (χ4n) is 2.89. The minimum atomic E-state index is 0.626. The molecule has 7 heteroatoms. The average Bonchev–Trinajstić information content (AvgIpc) is 2.95. The number of nitrogens with zero attached hydrogens (tertiary/aromatic N) is 3. The van der Waals surface area contributed by atoms with Crippen LogP contribution in [-0.4, -0.2) is 21.2 Å². The van der Waals surface area contributed by atoms with E-state index in [0.29, 0.717) is 5.02 Å². The van der Waals surface area contributed by atoms with Crippen molar-refractivity contribution in [2.75, 3.05) is 11.6 Å². The average molecular weight is 363 g/mol. The normalized spacial score (nSPS) is 14.0. The molecule has 0 bridgehead atoms.